The van der Waals surface area contributed by atoms with E-state index in [0.717, 1.165) is 18.8 Å². The molecule has 0 spiro atoms. The third kappa shape index (κ3) is 4.55. The Labute approximate surface area is 137 Å². The Kier molecular flexibility index (Phi) is 5.64. The molecule has 2 aromatic carbocycles. The van der Waals surface area contributed by atoms with Crippen LogP contribution in [0.4, 0.5) is 0 Å². The molecule has 0 radical (unpaired) electrons. The van der Waals surface area contributed by atoms with Crippen LogP contribution in [-0.4, -0.2) is 37.5 Å². The number of benzene rings is 2. The minimum atomic E-state index is -0.547. The van der Waals surface area contributed by atoms with E-state index in [4.69, 9.17) is 9.47 Å². The molecule has 2 atom stereocenters. The van der Waals surface area contributed by atoms with Crippen molar-refractivity contribution in [3.63, 3.8) is 0 Å². The summed E-state index contributed by atoms with van der Waals surface area (Å²) in [6, 6.07) is 17.9. The van der Waals surface area contributed by atoms with E-state index in [1.807, 2.05) is 36.4 Å². The Morgan fingerprint density at radius 1 is 1.13 bits per heavy atom. The second kappa shape index (κ2) is 8.11. The van der Waals surface area contributed by atoms with Gasteiger partial charge >= 0.3 is 0 Å². The van der Waals surface area contributed by atoms with E-state index < -0.39 is 6.10 Å². The quantitative estimate of drug-likeness (QED) is 0.824. The topological polar surface area (TPSA) is 50.7 Å². The lowest BCUT2D eigenvalue weighted by Gasteiger charge is -2.26. The first-order chi connectivity index (χ1) is 11.3. The highest BCUT2D eigenvalue weighted by atomic mass is 16.5. The van der Waals surface area contributed by atoms with Crippen molar-refractivity contribution in [1.82, 2.24) is 5.32 Å². The normalized spacial score (nSPS) is 18.2. The maximum absolute atomic E-state index is 10.0. The molecule has 2 N–H and O–H groups in total. The molecule has 23 heavy (non-hydrogen) atoms. The average molecular weight is 313 g/mol. The largest absolute Gasteiger partial charge is 0.491 e. The second-order valence-corrected chi connectivity index (χ2v) is 5.74. The third-order valence-electron chi connectivity index (χ3n) is 3.99. The van der Waals surface area contributed by atoms with Crippen molar-refractivity contribution in [2.75, 3.05) is 26.3 Å². The predicted molar refractivity (Wildman–Crippen MR) is 89.7 cm³/mol. The zero-order valence-electron chi connectivity index (χ0n) is 13.2. The van der Waals surface area contributed by atoms with Gasteiger partial charge in [-0.1, -0.05) is 42.5 Å². The van der Waals surface area contributed by atoms with E-state index in [2.05, 4.69) is 23.5 Å². The highest BCUT2D eigenvalue weighted by Gasteiger charge is 2.20. The van der Waals surface area contributed by atoms with Gasteiger partial charge in [-0.15, -0.1) is 0 Å². The number of para-hydroxylation sites is 1. The molecule has 0 aliphatic carbocycles. The van der Waals surface area contributed by atoms with Gasteiger partial charge in [-0.25, -0.2) is 0 Å². The van der Waals surface area contributed by atoms with Crippen LogP contribution < -0.4 is 10.1 Å². The van der Waals surface area contributed by atoms with Crippen LogP contribution in [0.1, 0.15) is 17.2 Å². The van der Waals surface area contributed by atoms with Gasteiger partial charge in [0.25, 0.3) is 0 Å². The molecule has 0 aromatic heterocycles. The van der Waals surface area contributed by atoms with Crippen LogP contribution in [-0.2, 0) is 11.2 Å². The molecule has 1 heterocycles. The number of rotatable bonds is 7. The summed E-state index contributed by atoms with van der Waals surface area (Å²) in [6.07, 6.45) is 0.483. The Morgan fingerprint density at radius 2 is 1.91 bits per heavy atom. The van der Waals surface area contributed by atoms with Crippen LogP contribution in [0.2, 0.25) is 0 Å². The molecule has 0 bridgehead atoms. The van der Waals surface area contributed by atoms with E-state index in [-0.39, 0.29) is 12.7 Å². The number of aliphatic hydroxyl groups excluding tert-OH is 1. The van der Waals surface area contributed by atoms with Crippen molar-refractivity contribution < 1.29 is 14.6 Å². The summed E-state index contributed by atoms with van der Waals surface area (Å²) in [5.74, 6) is 0.774. The fourth-order valence-electron chi connectivity index (χ4n) is 2.79. The summed E-state index contributed by atoms with van der Waals surface area (Å²) >= 11 is 0. The molecule has 2 aromatic rings. The molecule has 4 nitrogen and oxygen atoms in total. The van der Waals surface area contributed by atoms with Crippen molar-refractivity contribution in [2.45, 2.75) is 18.6 Å². The fourth-order valence-corrected chi connectivity index (χ4v) is 2.79. The van der Waals surface area contributed by atoms with Gasteiger partial charge < -0.3 is 19.9 Å². The van der Waals surface area contributed by atoms with Crippen molar-refractivity contribution in [2.24, 2.45) is 0 Å². The van der Waals surface area contributed by atoms with Crippen molar-refractivity contribution in [1.29, 1.82) is 0 Å². The molecular formula is C19H23NO3. The minimum absolute atomic E-state index is 0.0576. The number of aliphatic hydroxyl groups is 1. The molecule has 1 aliphatic rings. The fraction of sp³-hybridized carbons (Fsp3) is 0.368. The first-order valence-corrected chi connectivity index (χ1v) is 8.09. The lowest BCUT2D eigenvalue weighted by molar-refractivity contribution is 0.0380. The number of ether oxygens (including phenoxy) is 2. The van der Waals surface area contributed by atoms with E-state index in [1.165, 1.54) is 11.1 Å². The van der Waals surface area contributed by atoms with Gasteiger partial charge in [0.15, 0.2) is 0 Å². The van der Waals surface area contributed by atoms with Gasteiger partial charge in [0.1, 0.15) is 18.5 Å². The predicted octanol–water partition coefficient (Wildman–Crippen LogP) is 2.33. The lowest BCUT2D eigenvalue weighted by atomic mass is 9.97. The smallest absolute Gasteiger partial charge is 0.119 e. The molecule has 1 aliphatic heterocycles. The molecule has 0 fully saturated rings. The van der Waals surface area contributed by atoms with Gasteiger partial charge in [0.2, 0.25) is 0 Å². The first kappa shape index (κ1) is 16.0. The zero-order chi connectivity index (χ0) is 15.9. The maximum atomic E-state index is 10.0. The maximum Gasteiger partial charge on any atom is 0.119 e. The standard InChI is InChI=1S/C19H23NO3/c21-16(14-23-17-7-2-1-3-8-17)12-20-13-19-18-9-5-4-6-15(18)10-11-22-19/h1-9,16,19-21H,10-14H2/t16-,19-/m1/s1. The Balaban J connectivity index is 1.41. The molecule has 0 unspecified atom stereocenters. The Morgan fingerprint density at radius 3 is 2.78 bits per heavy atom. The Bertz CT molecular complexity index is 603. The molecule has 0 amide bonds. The van der Waals surface area contributed by atoms with Gasteiger partial charge in [-0.3, -0.25) is 0 Å². The third-order valence-corrected chi connectivity index (χ3v) is 3.99. The SMILES string of the molecule is O[C@H](CNC[C@H]1OCCc2ccccc21)COc1ccccc1. The van der Waals surface area contributed by atoms with Gasteiger partial charge in [-0.2, -0.15) is 0 Å². The number of nitrogens with one attached hydrogen (secondary N) is 1. The van der Waals surface area contributed by atoms with Crippen LogP contribution in [0.3, 0.4) is 0 Å². The van der Waals surface area contributed by atoms with E-state index in [1.54, 1.807) is 0 Å². The number of fused-ring (bicyclic) bond motifs is 1. The molecule has 0 saturated heterocycles. The van der Waals surface area contributed by atoms with E-state index in [9.17, 15) is 5.11 Å². The molecular weight excluding hydrogens is 290 g/mol. The van der Waals surface area contributed by atoms with Crippen molar-refractivity contribution in [3.05, 3.63) is 65.7 Å². The van der Waals surface area contributed by atoms with Gasteiger partial charge in [-0.05, 0) is 29.7 Å². The summed E-state index contributed by atoms with van der Waals surface area (Å²) in [5.41, 5.74) is 2.61. The van der Waals surface area contributed by atoms with E-state index >= 15 is 0 Å². The monoisotopic (exact) mass is 313 g/mol. The Hall–Kier alpha value is -1.88. The van der Waals surface area contributed by atoms with Crippen molar-refractivity contribution >= 4 is 0 Å². The molecule has 122 valence electrons. The summed E-state index contributed by atoms with van der Waals surface area (Å²) in [7, 11) is 0. The first-order valence-electron chi connectivity index (χ1n) is 8.09. The summed E-state index contributed by atoms with van der Waals surface area (Å²) < 4.78 is 11.4. The van der Waals surface area contributed by atoms with Crippen LogP contribution in [0.15, 0.2) is 54.6 Å². The van der Waals surface area contributed by atoms with E-state index in [0.29, 0.717) is 13.1 Å². The van der Waals surface area contributed by atoms with Crippen LogP contribution in [0.5, 0.6) is 5.75 Å². The summed E-state index contributed by atoms with van der Waals surface area (Å²) in [5, 5.41) is 13.3. The minimum Gasteiger partial charge on any atom is -0.491 e. The average Bonchev–Trinajstić information content (AvgIpc) is 2.61. The van der Waals surface area contributed by atoms with Crippen LogP contribution in [0, 0.1) is 0 Å². The molecule has 3 rings (SSSR count). The highest BCUT2D eigenvalue weighted by molar-refractivity contribution is 5.31. The highest BCUT2D eigenvalue weighted by Crippen LogP contribution is 2.26. The van der Waals surface area contributed by atoms with Crippen molar-refractivity contribution in [3.8, 4) is 5.75 Å². The summed E-state index contributed by atoms with van der Waals surface area (Å²) in [4.78, 5) is 0. The second-order valence-electron chi connectivity index (χ2n) is 5.74. The lowest BCUT2D eigenvalue weighted by Crippen LogP contribution is -2.35. The van der Waals surface area contributed by atoms with Gasteiger partial charge in [0.05, 0.1) is 12.7 Å². The molecule has 0 saturated carbocycles. The number of hydrogen-bond acceptors (Lipinski definition) is 4. The van der Waals surface area contributed by atoms with Crippen LogP contribution >= 0.6 is 0 Å². The number of hydrogen-bond donors (Lipinski definition) is 2. The zero-order valence-corrected chi connectivity index (χ0v) is 13.2. The summed E-state index contributed by atoms with van der Waals surface area (Å²) in [6.45, 7) is 2.20. The molecule has 4 heteroatoms. The van der Waals surface area contributed by atoms with Crippen LogP contribution in [0.25, 0.3) is 0 Å². The van der Waals surface area contributed by atoms with Gasteiger partial charge in [0, 0.05) is 13.1 Å².